The molecule has 21 heavy (non-hydrogen) atoms. The number of pyridine rings is 1. The number of nitrogen functional groups attached to an aromatic ring is 1. The van der Waals surface area contributed by atoms with Crippen LogP contribution in [-0.2, 0) is 16.1 Å². The predicted molar refractivity (Wildman–Crippen MR) is 76.3 cm³/mol. The zero-order chi connectivity index (χ0) is 15.7. The number of nitrogens with two attached hydrogens (primary N) is 2. The lowest BCUT2D eigenvalue weighted by atomic mass is 10.1. The summed E-state index contributed by atoms with van der Waals surface area (Å²) in [7, 11) is 0. The van der Waals surface area contributed by atoms with Gasteiger partial charge in [-0.3, -0.25) is 4.79 Å². The highest BCUT2D eigenvalue weighted by Crippen LogP contribution is 2.03. The van der Waals surface area contributed by atoms with Gasteiger partial charge in [-0.15, -0.1) is 0 Å². The van der Waals surface area contributed by atoms with Gasteiger partial charge in [0.25, 0.3) is 0 Å². The molecule has 1 aromatic rings. The fourth-order valence-electron chi connectivity index (χ4n) is 1.52. The molecule has 0 aromatic carbocycles. The number of carbonyl (C=O) groups is 2. The van der Waals surface area contributed by atoms with Crippen molar-refractivity contribution in [3.05, 3.63) is 23.9 Å². The van der Waals surface area contributed by atoms with Gasteiger partial charge in [-0.25, -0.2) is 9.78 Å². The molecular weight excluding hydrogens is 276 g/mol. The predicted octanol–water partition coefficient (Wildman–Crippen LogP) is 0.472. The third-order valence-electron chi connectivity index (χ3n) is 2.75. The monoisotopic (exact) mass is 296 g/mol. The number of nitrogens with one attached hydrogen (secondary N) is 1. The van der Waals surface area contributed by atoms with Gasteiger partial charge in [-0.05, 0) is 25.3 Å². The van der Waals surface area contributed by atoms with Crippen molar-refractivity contribution >= 4 is 17.9 Å². The molecule has 0 aliphatic carbocycles. The van der Waals surface area contributed by atoms with Crippen molar-refractivity contribution in [1.82, 2.24) is 10.3 Å². The number of rotatable bonds is 8. The number of carboxylic acid groups (broad SMARTS) is 1. The summed E-state index contributed by atoms with van der Waals surface area (Å²) in [5.74, 6) is -0.609. The number of hydrogen-bond acceptors (Lipinski definition) is 6. The maximum atomic E-state index is 11.4. The quantitative estimate of drug-likeness (QED) is 0.511. The molecule has 0 fully saturated rings. The lowest BCUT2D eigenvalue weighted by molar-refractivity contribution is -0.138. The smallest absolute Gasteiger partial charge is 0.407 e. The molecule has 1 aromatic heterocycles. The Morgan fingerprint density at radius 2 is 2.14 bits per heavy atom. The first kappa shape index (κ1) is 16.7. The Morgan fingerprint density at radius 3 is 2.76 bits per heavy atom. The van der Waals surface area contributed by atoms with Crippen molar-refractivity contribution in [2.75, 3.05) is 12.3 Å². The summed E-state index contributed by atoms with van der Waals surface area (Å²) in [6.07, 6.45) is 2.64. The number of hydrogen-bond donors (Lipinski definition) is 4. The molecule has 8 nitrogen and oxygen atoms in total. The van der Waals surface area contributed by atoms with Crippen molar-refractivity contribution < 1.29 is 19.4 Å². The standard InChI is InChI=1S/C13H20N4O4/c14-10(12(18)19)3-1-2-6-16-13(20)21-8-9-4-5-11(15)17-7-9/h4-5,7,10H,1-3,6,8,14H2,(H2,15,17)(H,16,20)(H,18,19)/t10-/m0/s1. The van der Waals surface area contributed by atoms with Crippen molar-refractivity contribution in [3.8, 4) is 0 Å². The largest absolute Gasteiger partial charge is 0.480 e. The zero-order valence-corrected chi connectivity index (χ0v) is 11.6. The van der Waals surface area contributed by atoms with Gasteiger partial charge in [0.05, 0.1) is 0 Å². The number of ether oxygens (including phenoxy) is 1. The van der Waals surface area contributed by atoms with Gasteiger partial charge in [0.15, 0.2) is 0 Å². The summed E-state index contributed by atoms with van der Waals surface area (Å²) < 4.78 is 4.98. The van der Waals surface area contributed by atoms with E-state index in [2.05, 4.69) is 10.3 Å². The van der Waals surface area contributed by atoms with Crippen LogP contribution in [0, 0.1) is 0 Å². The van der Waals surface area contributed by atoms with Crippen molar-refractivity contribution in [3.63, 3.8) is 0 Å². The van der Waals surface area contributed by atoms with E-state index < -0.39 is 18.1 Å². The summed E-state index contributed by atoms with van der Waals surface area (Å²) >= 11 is 0. The van der Waals surface area contributed by atoms with Gasteiger partial charge >= 0.3 is 12.1 Å². The molecule has 0 saturated carbocycles. The molecule has 0 saturated heterocycles. The third-order valence-corrected chi connectivity index (χ3v) is 2.75. The van der Waals surface area contributed by atoms with Gasteiger partial charge in [0.2, 0.25) is 0 Å². The van der Waals surface area contributed by atoms with Gasteiger partial charge < -0.3 is 26.6 Å². The minimum atomic E-state index is -1.01. The van der Waals surface area contributed by atoms with Crippen LogP contribution in [0.1, 0.15) is 24.8 Å². The first-order valence-corrected chi connectivity index (χ1v) is 6.58. The Labute approximate surface area is 122 Å². The molecule has 0 radical (unpaired) electrons. The fraction of sp³-hybridized carbons (Fsp3) is 0.462. The van der Waals surface area contributed by atoms with Gasteiger partial charge in [0, 0.05) is 18.3 Å². The Bertz CT molecular complexity index is 464. The lowest BCUT2D eigenvalue weighted by Gasteiger charge is -2.08. The number of nitrogens with zero attached hydrogens (tertiary/aromatic N) is 1. The minimum absolute atomic E-state index is 0.114. The van der Waals surface area contributed by atoms with E-state index in [4.69, 9.17) is 21.3 Å². The molecule has 116 valence electrons. The molecule has 0 aliphatic rings. The molecular formula is C13H20N4O4. The van der Waals surface area contributed by atoms with E-state index in [9.17, 15) is 9.59 Å². The normalized spacial score (nSPS) is 11.7. The van der Waals surface area contributed by atoms with Crippen LogP contribution in [0.4, 0.5) is 10.6 Å². The summed E-state index contributed by atoms with van der Waals surface area (Å²) in [6.45, 7) is 0.522. The second-order valence-corrected chi connectivity index (χ2v) is 4.53. The molecule has 1 heterocycles. The highest BCUT2D eigenvalue weighted by molar-refractivity contribution is 5.72. The van der Waals surface area contributed by atoms with E-state index >= 15 is 0 Å². The maximum Gasteiger partial charge on any atom is 0.407 e. The minimum Gasteiger partial charge on any atom is -0.480 e. The lowest BCUT2D eigenvalue weighted by Crippen LogP contribution is -2.30. The number of unbranched alkanes of at least 4 members (excludes halogenated alkanes) is 1. The summed E-state index contributed by atoms with van der Waals surface area (Å²) in [6, 6.07) is 2.50. The molecule has 0 spiro atoms. The van der Waals surface area contributed by atoms with Crippen LogP contribution in [0.5, 0.6) is 0 Å². The van der Waals surface area contributed by atoms with Crippen molar-refractivity contribution in [2.45, 2.75) is 31.9 Å². The highest BCUT2D eigenvalue weighted by atomic mass is 16.5. The Balaban J connectivity index is 2.09. The summed E-state index contributed by atoms with van der Waals surface area (Å²) in [5.41, 5.74) is 11.5. The number of amides is 1. The molecule has 1 rings (SSSR count). The van der Waals surface area contributed by atoms with Crippen molar-refractivity contribution in [1.29, 1.82) is 0 Å². The highest BCUT2D eigenvalue weighted by Gasteiger charge is 2.10. The Hall–Kier alpha value is -2.35. The molecule has 6 N–H and O–H groups in total. The number of carbonyl (C=O) groups excluding carboxylic acids is 1. The van der Waals surface area contributed by atoms with Gasteiger partial charge in [-0.1, -0.05) is 6.07 Å². The fourth-order valence-corrected chi connectivity index (χ4v) is 1.52. The molecule has 1 atom stereocenters. The van der Waals surface area contributed by atoms with E-state index in [0.29, 0.717) is 31.6 Å². The topological polar surface area (TPSA) is 141 Å². The van der Waals surface area contributed by atoms with Crippen LogP contribution in [0.25, 0.3) is 0 Å². The summed E-state index contributed by atoms with van der Waals surface area (Å²) in [4.78, 5) is 25.8. The summed E-state index contributed by atoms with van der Waals surface area (Å²) in [5, 5.41) is 11.2. The van der Waals surface area contributed by atoms with Gasteiger partial charge in [-0.2, -0.15) is 0 Å². The van der Waals surface area contributed by atoms with E-state index in [0.717, 1.165) is 5.56 Å². The number of alkyl carbamates (subject to hydrolysis) is 1. The van der Waals surface area contributed by atoms with Crippen LogP contribution in [0.2, 0.25) is 0 Å². The number of aliphatic carboxylic acids is 1. The van der Waals surface area contributed by atoms with E-state index in [-0.39, 0.29) is 6.61 Å². The second-order valence-electron chi connectivity index (χ2n) is 4.53. The average Bonchev–Trinajstić information content (AvgIpc) is 2.46. The molecule has 8 heteroatoms. The van der Waals surface area contributed by atoms with Crippen LogP contribution in [-0.4, -0.2) is 34.7 Å². The third kappa shape index (κ3) is 7.11. The molecule has 0 bridgehead atoms. The van der Waals surface area contributed by atoms with Gasteiger partial charge in [0.1, 0.15) is 18.5 Å². The van der Waals surface area contributed by atoms with E-state index in [1.807, 2.05) is 0 Å². The van der Waals surface area contributed by atoms with Crippen LogP contribution >= 0.6 is 0 Å². The van der Waals surface area contributed by atoms with Crippen LogP contribution in [0.15, 0.2) is 18.3 Å². The van der Waals surface area contributed by atoms with Crippen LogP contribution < -0.4 is 16.8 Å². The molecule has 1 amide bonds. The Morgan fingerprint density at radius 1 is 1.38 bits per heavy atom. The Kier molecular flexibility index (Phi) is 6.96. The first-order valence-electron chi connectivity index (χ1n) is 6.58. The number of anilines is 1. The van der Waals surface area contributed by atoms with Crippen LogP contribution in [0.3, 0.4) is 0 Å². The van der Waals surface area contributed by atoms with E-state index in [1.165, 1.54) is 6.20 Å². The number of aromatic nitrogens is 1. The first-order chi connectivity index (χ1) is 9.99. The molecule has 0 aliphatic heterocycles. The SMILES string of the molecule is Nc1ccc(COC(=O)NCCCC[C@H](N)C(=O)O)cn1. The average molecular weight is 296 g/mol. The van der Waals surface area contributed by atoms with E-state index in [1.54, 1.807) is 12.1 Å². The van der Waals surface area contributed by atoms with Crippen molar-refractivity contribution in [2.24, 2.45) is 5.73 Å². The maximum absolute atomic E-state index is 11.4. The number of carboxylic acids is 1. The zero-order valence-electron chi connectivity index (χ0n) is 11.6. The molecule has 0 unspecified atom stereocenters. The second kappa shape index (κ2) is 8.75.